The van der Waals surface area contributed by atoms with E-state index in [0.717, 1.165) is 5.56 Å². The van der Waals surface area contributed by atoms with Crippen LogP contribution >= 0.6 is 12.2 Å². The van der Waals surface area contributed by atoms with Crippen molar-refractivity contribution in [2.24, 2.45) is 0 Å². The van der Waals surface area contributed by atoms with Crippen molar-refractivity contribution in [3.8, 4) is 0 Å². The van der Waals surface area contributed by atoms with Crippen molar-refractivity contribution in [1.29, 1.82) is 0 Å². The third-order valence-electron chi connectivity index (χ3n) is 4.26. The molecule has 2 aromatic carbocycles. The summed E-state index contributed by atoms with van der Waals surface area (Å²) in [5.41, 5.74) is 2.09. The van der Waals surface area contributed by atoms with Crippen LogP contribution in [0.4, 0.5) is 21.5 Å². The Morgan fingerprint density at radius 3 is 2.56 bits per heavy atom. The van der Waals surface area contributed by atoms with Gasteiger partial charge in [-0.25, -0.2) is 9.24 Å². The summed E-state index contributed by atoms with van der Waals surface area (Å²) in [5.74, 6) is -1.49. The molecule has 2 amide bonds. The lowest BCUT2D eigenvalue weighted by atomic mass is 10.1. The van der Waals surface area contributed by atoms with Gasteiger partial charge in [-0.05, 0) is 55.0 Å². The molecule has 8 heteroatoms. The van der Waals surface area contributed by atoms with Gasteiger partial charge >= 0.3 is 0 Å². The van der Waals surface area contributed by atoms with Crippen LogP contribution in [-0.2, 0) is 4.79 Å². The van der Waals surface area contributed by atoms with Crippen LogP contribution in [0.15, 0.2) is 36.4 Å². The predicted octanol–water partition coefficient (Wildman–Crippen LogP) is 3.18. The van der Waals surface area contributed by atoms with Crippen LogP contribution in [0.5, 0.6) is 0 Å². The fourth-order valence-corrected chi connectivity index (χ4v) is 3.23. The molecule has 3 rings (SSSR count). The maximum atomic E-state index is 14.3. The van der Waals surface area contributed by atoms with Gasteiger partial charge in [0.2, 0.25) is 0 Å². The molecule has 1 heterocycles. The molecule has 0 aliphatic carbocycles. The van der Waals surface area contributed by atoms with E-state index in [4.69, 9.17) is 18.8 Å². The molecule has 2 aromatic rings. The summed E-state index contributed by atoms with van der Waals surface area (Å²) >= 11 is 5.43. The Morgan fingerprint density at radius 2 is 1.96 bits per heavy atom. The molecule has 1 aliphatic rings. The zero-order valence-corrected chi connectivity index (χ0v) is 15.4. The first kappa shape index (κ1) is 18.5. The highest BCUT2D eigenvalue weighted by Crippen LogP contribution is 2.30. The zero-order valence-electron chi connectivity index (χ0n) is 14.6. The summed E-state index contributed by atoms with van der Waals surface area (Å²) < 4.78 is 14.3. The number of halogens is 1. The molecule has 136 valence electrons. The Morgan fingerprint density at radius 1 is 1.26 bits per heavy atom. The minimum Gasteiger partial charge on any atom is -0.355 e. The van der Waals surface area contributed by atoms with E-state index in [1.54, 1.807) is 31.2 Å². The Labute approximate surface area is 161 Å². The number of hydrogen-bond acceptors (Lipinski definition) is 3. The van der Waals surface area contributed by atoms with Gasteiger partial charge in [0, 0.05) is 18.4 Å². The summed E-state index contributed by atoms with van der Waals surface area (Å²) in [6, 6.07) is 9.09. The highest BCUT2D eigenvalue weighted by molar-refractivity contribution is 7.81. The number of hydrogen-bond donors (Lipinski definition) is 1. The molecule has 1 aliphatic heterocycles. The molecule has 27 heavy (non-hydrogen) atoms. The topological polar surface area (TPSA) is 57.0 Å². The summed E-state index contributed by atoms with van der Waals surface area (Å²) in [6.45, 7) is 8.86. The number of aryl methyl sites for hydroxylation is 1. The number of nitrogens with zero attached hydrogens (tertiary/aromatic N) is 3. The zero-order chi connectivity index (χ0) is 19.7. The summed E-state index contributed by atoms with van der Waals surface area (Å²) in [6.07, 6.45) is 0. The molecule has 0 saturated carbocycles. The van der Waals surface area contributed by atoms with E-state index in [1.807, 2.05) is 0 Å². The van der Waals surface area contributed by atoms with Crippen molar-refractivity contribution in [3.05, 3.63) is 64.8 Å². The fraction of sp³-hybridized carbons (Fsp3) is 0.158. The van der Waals surface area contributed by atoms with Gasteiger partial charge in [-0.3, -0.25) is 14.5 Å². The Hall–Kier alpha value is -3.31. The van der Waals surface area contributed by atoms with Crippen LogP contribution in [0.2, 0.25) is 0 Å². The summed E-state index contributed by atoms with van der Waals surface area (Å²) in [7, 11) is 1.42. The van der Waals surface area contributed by atoms with Crippen LogP contribution in [0, 0.1) is 19.3 Å². The van der Waals surface area contributed by atoms with Crippen LogP contribution in [0.1, 0.15) is 15.9 Å². The number of benzene rings is 2. The molecule has 0 bridgehead atoms. The number of thiocarbonyl (C=S) groups is 1. The van der Waals surface area contributed by atoms with E-state index in [-0.39, 0.29) is 23.1 Å². The van der Waals surface area contributed by atoms with Crippen molar-refractivity contribution in [1.82, 2.24) is 5.32 Å². The van der Waals surface area contributed by atoms with E-state index in [0.29, 0.717) is 17.1 Å². The lowest BCUT2D eigenvalue weighted by molar-refractivity contribution is -0.115. The molecule has 0 spiro atoms. The largest absolute Gasteiger partial charge is 0.355 e. The second-order valence-corrected chi connectivity index (χ2v) is 6.29. The molecular formula is C19H15FN4O2S. The number of amides is 2. The van der Waals surface area contributed by atoms with Crippen molar-refractivity contribution < 1.29 is 14.0 Å². The van der Waals surface area contributed by atoms with Crippen LogP contribution in [0.25, 0.3) is 4.85 Å². The summed E-state index contributed by atoms with van der Waals surface area (Å²) in [5, 5.41) is 2.58. The number of nitrogens with one attached hydrogen (secondary N) is 1. The predicted molar refractivity (Wildman–Crippen MR) is 105 cm³/mol. The summed E-state index contributed by atoms with van der Waals surface area (Å²) in [4.78, 5) is 30.4. The first-order chi connectivity index (χ1) is 12.9. The van der Waals surface area contributed by atoms with Crippen molar-refractivity contribution in [3.63, 3.8) is 0 Å². The first-order valence-electron chi connectivity index (χ1n) is 8.01. The third kappa shape index (κ3) is 3.25. The van der Waals surface area contributed by atoms with Gasteiger partial charge in [0.1, 0.15) is 12.4 Å². The Balaban J connectivity index is 1.93. The monoisotopic (exact) mass is 382 g/mol. The van der Waals surface area contributed by atoms with Crippen LogP contribution in [0.3, 0.4) is 0 Å². The lowest BCUT2D eigenvalue weighted by Crippen LogP contribution is -2.32. The van der Waals surface area contributed by atoms with E-state index in [9.17, 15) is 14.0 Å². The normalized spacial score (nSPS) is 13.7. The maximum Gasteiger partial charge on any atom is 0.253 e. The lowest BCUT2D eigenvalue weighted by Gasteiger charge is -2.21. The first-order valence-corrected chi connectivity index (χ1v) is 8.42. The molecule has 0 radical (unpaired) electrons. The van der Waals surface area contributed by atoms with Gasteiger partial charge in [0.05, 0.1) is 12.1 Å². The van der Waals surface area contributed by atoms with Gasteiger partial charge in [0.15, 0.2) is 10.8 Å². The highest BCUT2D eigenvalue weighted by atomic mass is 32.1. The molecule has 1 fully saturated rings. The number of rotatable bonds is 3. The molecule has 0 aromatic heterocycles. The SMILES string of the molecule is [C-]#[N+]c1ccc(N2C(=O)CN(c3ccc(C(=O)NC)c(F)c3)C2=S)cc1C. The van der Waals surface area contributed by atoms with Gasteiger partial charge in [0.25, 0.3) is 11.8 Å². The molecular weight excluding hydrogens is 367 g/mol. The smallest absolute Gasteiger partial charge is 0.253 e. The quantitative estimate of drug-likeness (QED) is 0.654. The highest BCUT2D eigenvalue weighted by Gasteiger charge is 2.35. The van der Waals surface area contributed by atoms with Crippen molar-refractivity contribution >= 4 is 46.2 Å². The minimum absolute atomic E-state index is 0.0405. The fourth-order valence-electron chi connectivity index (χ4n) is 2.85. The molecule has 1 N–H and O–H groups in total. The van der Waals surface area contributed by atoms with E-state index in [1.165, 1.54) is 29.0 Å². The molecule has 1 saturated heterocycles. The molecule has 6 nitrogen and oxygen atoms in total. The maximum absolute atomic E-state index is 14.3. The van der Waals surface area contributed by atoms with E-state index < -0.39 is 11.7 Å². The van der Waals surface area contributed by atoms with Gasteiger partial charge in [-0.2, -0.15) is 0 Å². The van der Waals surface area contributed by atoms with Crippen molar-refractivity contribution in [2.45, 2.75) is 6.92 Å². The molecule has 0 unspecified atom stereocenters. The average Bonchev–Trinajstić information content (AvgIpc) is 2.95. The number of carbonyl (C=O) groups is 2. The second-order valence-electron chi connectivity index (χ2n) is 5.92. The minimum atomic E-state index is -0.696. The third-order valence-corrected chi connectivity index (χ3v) is 4.66. The number of carbonyl (C=O) groups excluding carboxylic acids is 2. The van der Waals surface area contributed by atoms with Gasteiger partial charge < -0.3 is 10.2 Å². The van der Waals surface area contributed by atoms with Crippen molar-refractivity contribution in [2.75, 3.05) is 23.4 Å². The van der Waals surface area contributed by atoms with E-state index >= 15 is 0 Å². The Kier molecular flexibility index (Phi) is 4.88. The second kappa shape index (κ2) is 7.13. The van der Waals surface area contributed by atoms with Gasteiger partial charge in [-0.15, -0.1) is 0 Å². The standard InChI is InChI=1S/C19H15FN4O2S/c1-11-8-13(5-7-16(11)21-2)24-17(25)10-23(19(24)27)12-4-6-14(15(20)9-12)18(26)22-3/h4-9H,10H2,1,3H3,(H,22,26). The van der Waals surface area contributed by atoms with Crippen LogP contribution in [-0.4, -0.2) is 30.5 Å². The Bertz CT molecular complexity index is 1020. The molecule has 0 atom stereocenters. The van der Waals surface area contributed by atoms with E-state index in [2.05, 4.69) is 10.2 Å². The van der Waals surface area contributed by atoms with Gasteiger partial charge in [-0.1, -0.05) is 6.07 Å². The van der Waals surface area contributed by atoms with Crippen LogP contribution < -0.4 is 15.1 Å². The average molecular weight is 382 g/mol. The number of anilines is 2.